The van der Waals surface area contributed by atoms with Crippen LogP contribution in [0.5, 0.6) is 0 Å². The van der Waals surface area contributed by atoms with E-state index in [1.807, 2.05) is 6.08 Å². The third-order valence-electron chi connectivity index (χ3n) is 9.62. The van der Waals surface area contributed by atoms with Crippen LogP contribution in [0, 0.1) is 0 Å². The highest BCUT2D eigenvalue weighted by Crippen LogP contribution is 2.16. The average Bonchev–Trinajstić information content (AvgIpc) is 3.15. The van der Waals surface area contributed by atoms with Gasteiger partial charge in [-0.25, -0.2) is 0 Å². The summed E-state index contributed by atoms with van der Waals surface area (Å²) in [5, 5.41) is 23.5. The molecule has 0 saturated heterocycles. The van der Waals surface area contributed by atoms with Gasteiger partial charge in [0.15, 0.2) is 0 Å². The van der Waals surface area contributed by atoms with Crippen LogP contribution in [0.15, 0.2) is 60.8 Å². The molecule has 306 valence electrons. The summed E-state index contributed by atoms with van der Waals surface area (Å²) in [5.74, 6) is -0.581. The number of allylic oxidation sites excluding steroid dienone is 10. The summed E-state index contributed by atoms with van der Waals surface area (Å²) in [6.07, 6.45) is 48.7. The topological polar surface area (TPSA) is 95.9 Å². The molecular formula is C47H83NO5. The van der Waals surface area contributed by atoms with Crippen LogP contribution in [0.4, 0.5) is 0 Å². The number of hydrogen-bond donors (Lipinski definition) is 3. The van der Waals surface area contributed by atoms with E-state index in [-0.39, 0.29) is 31.3 Å². The minimum Gasteiger partial charge on any atom is -0.462 e. The van der Waals surface area contributed by atoms with Crippen LogP contribution in [0.25, 0.3) is 0 Å². The van der Waals surface area contributed by atoms with Gasteiger partial charge in [0.1, 0.15) is 6.10 Å². The second-order valence-corrected chi connectivity index (χ2v) is 14.7. The van der Waals surface area contributed by atoms with Crippen molar-refractivity contribution < 1.29 is 24.5 Å². The number of aliphatic hydroxyl groups is 2. The van der Waals surface area contributed by atoms with E-state index >= 15 is 0 Å². The molecule has 0 fully saturated rings. The fourth-order valence-electron chi connectivity index (χ4n) is 6.30. The van der Waals surface area contributed by atoms with E-state index in [9.17, 15) is 19.8 Å². The lowest BCUT2D eigenvalue weighted by molar-refractivity contribution is -0.150. The van der Waals surface area contributed by atoms with E-state index in [0.717, 1.165) is 70.6 Å². The van der Waals surface area contributed by atoms with Crippen LogP contribution >= 0.6 is 0 Å². The third kappa shape index (κ3) is 36.3. The Kier molecular flexibility index (Phi) is 38.9. The van der Waals surface area contributed by atoms with E-state index < -0.39 is 18.2 Å². The highest BCUT2D eigenvalue weighted by atomic mass is 16.5. The van der Waals surface area contributed by atoms with Crippen LogP contribution in [0.2, 0.25) is 0 Å². The minimum absolute atomic E-state index is 0.0465. The summed E-state index contributed by atoms with van der Waals surface area (Å²) < 4.78 is 5.82. The van der Waals surface area contributed by atoms with Crippen molar-refractivity contribution in [3.05, 3.63) is 60.8 Å². The summed E-state index contributed by atoms with van der Waals surface area (Å²) in [6, 6.07) is -0.712. The van der Waals surface area contributed by atoms with Gasteiger partial charge in [0.2, 0.25) is 5.91 Å². The number of hydrogen-bond acceptors (Lipinski definition) is 5. The molecule has 0 aromatic rings. The number of esters is 1. The normalized spacial score (nSPS) is 14.0. The van der Waals surface area contributed by atoms with Crippen LogP contribution in [0.3, 0.4) is 0 Å². The molecule has 0 saturated carbocycles. The molecule has 53 heavy (non-hydrogen) atoms. The van der Waals surface area contributed by atoms with Gasteiger partial charge >= 0.3 is 5.97 Å². The van der Waals surface area contributed by atoms with Crippen molar-refractivity contribution >= 4 is 11.9 Å². The number of rotatable bonds is 38. The number of ether oxygens (including phenoxy) is 1. The lowest BCUT2D eigenvalue weighted by Gasteiger charge is -2.24. The van der Waals surface area contributed by atoms with Crippen molar-refractivity contribution in [2.24, 2.45) is 0 Å². The van der Waals surface area contributed by atoms with Crippen LogP contribution in [-0.2, 0) is 14.3 Å². The number of aliphatic hydroxyl groups excluding tert-OH is 2. The molecule has 0 aliphatic heterocycles. The summed E-state index contributed by atoms with van der Waals surface area (Å²) in [5.41, 5.74) is 0. The molecule has 0 spiro atoms. The van der Waals surface area contributed by atoms with Crippen molar-refractivity contribution in [1.29, 1.82) is 0 Å². The Morgan fingerprint density at radius 3 is 1.43 bits per heavy atom. The monoisotopic (exact) mass is 742 g/mol. The largest absolute Gasteiger partial charge is 0.462 e. The molecule has 3 N–H and O–H groups in total. The van der Waals surface area contributed by atoms with Crippen molar-refractivity contribution in [2.45, 2.75) is 219 Å². The van der Waals surface area contributed by atoms with E-state index in [1.54, 1.807) is 0 Å². The SMILES string of the molecule is CC/C=C/C/C=C/C/C=C/C/C=C/C/C=C/CCC(=O)OC(CCCCCCCCC)CC(=O)NC(CO)C(O)CCCCCCCCCCCCC. The van der Waals surface area contributed by atoms with Gasteiger partial charge in [-0.2, -0.15) is 0 Å². The molecule has 6 nitrogen and oxygen atoms in total. The molecule has 0 bridgehead atoms. The van der Waals surface area contributed by atoms with Gasteiger partial charge < -0.3 is 20.3 Å². The lowest BCUT2D eigenvalue weighted by Crippen LogP contribution is -2.46. The Morgan fingerprint density at radius 2 is 0.981 bits per heavy atom. The molecule has 3 unspecified atom stereocenters. The second kappa shape index (κ2) is 40.7. The first-order valence-electron chi connectivity index (χ1n) is 22.0. The molecular weight excluding hydrogens is 659 g/mol. The first-order chi connectivity index (χ1) is 26.0. The molecule has 0 radical (unpaired) electrons. The summed E-state index contributed by atoms with van der Waals surface area (Å²) in [4.78, 5) is 25.8. The maximum atomic E-state index is 13.0. The van der Waals surface area contributed by atoms with E-state index in [4.69, 9.17) is 4.74 Å². The highest BCUT2D eigenvalue weighted by molar-refractivity contribution is 5.77. The van der Waals surface area contributed by atoms with Gasteiger partial charge in [-0.1, -0.05) is 191 Å². The highest BCUT2D eigenvalue weighted by Gasteiger charge is 2.24. The van der Waals surface area contributed by atoms with Gasteiger partial charge in [-0.3, -0.25) is 9.59 Å². The Morgan fingerprint density at radius 1 is 0.566 bits per heavy atom. The number of amides is 1. The van der Waals surface area contributed by atoms with Crippen LogP contribution < -0.4 is 5.32 Å². The molecule has 0 aliphatic rings. The first-order valence-corrected chi connectivity index (χ1v) is 22.0. The van der Waals surface area contributed by atoms with Crippen LogP contribution in [-0.4, -0.2) is 46.9 Å². The van der Waals surface area contributed by atoms with Gasteiger partial charge in [0, 0.05) is 6.42 Å². The Bertz CT molecular complexity index is 968. The van der Waals surface area contributed by atoms with Gasteiger partial charge in [0.25, 0.3) is 0 Å². The Labute approximate surface area is 327 Å². The van der Waals surface area contributed by atoms with Crippen molar-refractivity contribution in [1.82, 2.24) is 5.32 Å². The standard InChI is InChI=1S/C47H83NO5/c1-4-7-10-13-16-18-20-21-22-23-24-26-28-31-34-37-40-47(52)53-43(38-35-32-29-15-12-9-6-3)41-46(51)48-44(42-49)45(50)39-36-33-30-27-25-19-17-14-11-8-5-2/h7,10,16,18,21-22,24,26,31,34,43-45,49-50H,4-6,8-9,11-15,17,19-20,23,25,27-30,32-33,35-42H2,1-3H3,(H,48,51)/b10-7+,18-16+,22-21+,26-24+,34-31+. The Balaban J connectivity index is 4.58. The Hall–Kier alpha value is -2.44. The molecule has 0 aromatic carbocycles. The molecule has 1 amide bonds. The second-order valence-electron chi connectivity index (χ2n) is 14.7. The lowest BCUT2D eigenvalue weighted by atomic mass is 10.0. The average molecular weight is 742 g/mol. The molecule has 6 heteroatoms. The summed E-state index contributed by atoms with van der Waals surface area (Å²) in [6.45, 7) is 6.29. The maximum Gasteiger partial charge on any atom is 0.306 e. The van der Waals surface area contributed by atoms with Crippen LogP contribution in [0.1, 0.15) is 201 Å². The van der Waals surface area contributed by atoms with Gasteiger partial charge in [-0.05, 0) is 57.8 Å². The minimum atomic E-state index is -0.796. The van der Waals surface area contributed by atoms with Crippen molar-refractivity contribution in [3.63, 3.8) is 0 Å². The number of nitrogens with one attached hydrogen (secondary N) is 1. The fourth-order valence-corrected chi connectivity index (χ4v) is 6.30. The molecule has 0 aromatic heterocycles. The number of carbonyl (C=O) groups excluding carboxylic acids is 2. The van der Waals surface area contributed by atoms with Crippen molar-refractivity contribution in [2.75, 3.05) is 6.61 Å². The van der Waals surface area contributed by atoms with Gasteiger partial charge in [0.05, 0.1) is 25.2 Å². The summed E-state index contributed by atoms with van der Waals surface area (Å²) >= 11 is 0. The number of unbranched alkanes of at least 4 members (excludes halogenated alkanes) is 16. The van der Waals surface area contributed by atoms with Crippen molar-refractivity contribution in [3.8, 4) is 0 Å². The first kappa shape index (κ1) is 50.6. The molecule has 0 aliphatic carbocycles. The zero-order chi connectivity index (χ0) is 38.9. The maximum absolute atomic E-state index is 13.0. The molecule has 0 rings (SSSR count). The van der Waals surface area contributed by atoms with E-state index in [1.165, 1.54) is 77.0 Å². The fraction of sp³-hybridized carbons (Fsp3) is 0.745. The molecule has 3 atom stereocenters. The summed E-state index contributed by atoms with van der Waals surface area (Å²) in [7, 11) is 0. The smallest absolute Gasteiger partial charge is 0.306 e. The van der Waals surface area contributed by atoms with E-state index in [2.05, 4.69) is 80.8 Å². The van der Waals surface area contributed by atoms with Gasteiger partial charge in [-0.15, -0.1) is 0 Å². The zero-order valence-corrected chi connectivity index (χ0v) is 34.6. The third-order valence-corrected chi connectivity index (χ3v) is 9.62. The zero-order valence-electron chi connectivity index (χ0n) is 34.6. The predicted molar refractivity (Wildman–Crippen MR) is 227 cm³/mol. The van der Waals surface area contributed by atoms with E-state index in [0.29, 0.717) is 19.3 Å². The quantitative estimate of drug-likeness (QED) is 0.0333. The predicted octanol–water partition coefficient (Wildman–Crippen LogP) is 12.5. The number of carbonyl (C=O) groups is 2. The molecule has 0 heterocycles.